The van der Waals surface area contributed by atoms with Gasteiger partial charge < -0.3 is 14.1 Å². The first-order valence-electron chi connectivity index (χ1n) is 12.7. The maximum atomic E-state index is 14.5. The minimum atomic E-state index is -0.591. The summed E-state index contributed by atoms with van der Waals surface area (Å²) in [5.74, 6) is 1.08. The van der Waals surface area contributed by atoms with E-state index < -0.39 is 11.7 Å². The number of fused-ring (bicyclic) bond motifs is 2. The van der Waals surface area contributed by atoms with E-state index in [2.05, 4.69) is 43.1 Å². The van der Waals surface area contributed by atoms with Gasteiger partial charge in [0.1, 0.15) is 17.2 Å². The molecular weight excluding hydrogens is 537 g/mol. The van der Waals surface area contributed by atoms with Crippen LogP contribution < -0.4 is 5.32 Å². The first-order chi connectivity index (χ1) is 19.4. The third kappa shape index (κ3) is 4.18. The van der Waals surface area contributed by atoms with E-state index in [9.17, 15) is 9.18 Å². The van der Waals surface area contributed by atoms with Crippen molar-refractivity contribution in [3.05, 3.63) is 88.4 Å². The Morgan fingerprint density at radius 3 is 2.70 bits per heavy atom. The van der Waals surface area contributed by atoms with Gasteiger partial charge in [0.15, 0.2) is 17.2 Å². The molecule has 0 aromatic carbocycles. The van der Waals surface area contributed by atoms with Crippen molar-refractivity contribution >= 4 is 28.7 Å². The molecule has 0 radical (unpaired) electrons. The van der Waals surface area contributed by atoms with Crippen LogP contribution >= 0.6 is 11.6 Å². The Morgan fingerprint density at radius 2 is 1.93 bits per heavy atom. The van der Waals surface area contributed by atoms with Crippen LogP contribution in [0.1, 0.15) is 57.8 Å². The highest BCUT2D eigenvalue weighted by Gasteiger charge is 2.26. The van der Waals surface area contributed by atoms with Crippen LogP contribution in [0.5, 0.6) is 0 Å². The molecule has 0 saturated heterocycles. The Kier molecular flexibility index (Phi) is 5.63. The van der Waals surface area contributed by atoms with E-state index in [1.54, 1.807) is 17.1 Å². The number of hydrogen-bond donors (Lipinski definition) is 1. The number of carbonyl (C=O) groups excluding carboxylic acids is 1. The van der Waals surface area contributed by atoms with E-state index in [1.165, 1.54) is 35.2 Å². The number of rotatable bonds is 7. The SMILES string of the molecule is Cc1nnc(C)n1-c1cc(C2CC2)cn2cc(Cn3cc(C(=O)NCc4ncn5ccc(Cl)c(F)c45)nn3)nc12. The predicted octanol–water partition coefficient (Wildman–Crippen LogP) is 3.42. The van der Waals surface area contributed by atoms with Gasteiger partial charge in [0.05, 0.1) is 47.7 Å². The van der Waals surface area contributed by atoms with E-state index >= 15 is 0 Å². The Labute approximate surface area is 231 Å². The summed E-state index contributed by atoms with van der Waals surface area (Å²) in [6, 6.07) is 3.62. The molecule has 0 atom stereocenters. The first-order valence-corrected chi connectivity index (χ1v) is 13.1. The van der Waals surface area contributed by atoms with E-state index in [0.717, 1.165) is 28.7 Å². The second-order valence-corrected chi connectivity index (χ2v) is 10.3. The topological polar surface area (TPSA) is 125 Å². The van der Waals surface area contributed by atoms with Gasteiger partial charge in [-0.2, -0.15) is 0 Å². The van der Waals surface area contributed by atoms with Crippen molar-refractivity contribution in [1.29, 1.82) is 0 Å². The molecule has 6 aromatic rings. The Balaban J connectivity index is 1.12. The standard InChI is InChI=1S/C26H23ClFN11O/c1-14-32-33-15(2)39(14)22-7-17(16-3-4-16)9-37-10-18(31-25(22)37)11-38-12-21(34-35-38)26(40)29-8-20-24-23(28)19(27)5-6-36(24)13-30-20/h5-7,9-10,12-13,16H,3-4,8,11H2,1-2H3,(H,29,40). The van der Waals surface area contributed by atoms with Crippen LogP contribution in [0.4, 0.5) is 4.39 Å². The zero-order chi connectivity index (χ0) is 27.5. The third-order valence-corrected chi connectivity index (χ3v) is 7.35. The van der Waals surface area contributed by atoms with E-state index in [4.69, 9.17) is 16.6 Å². The molecule has 1 saturated carbocycles. The zero-order valence-electron chi connectivity index (χ0n) is 21.6. The highest BCUT2D eigenvalue weighted by molar-refractivity contribution is 6.31. The lowest BCUT2D eigenvalue weighted by Gasteiger charge is -2.10. The van der Waals surface area contributed by atoms with Gasteiger partial charge in [0, 0.05) is 18.6 Å². The van der Waals surface area contributed by atoms with Crippen molar-refractivity contribution in [2.75, 3.05) is 0 Å². The molecule has 1 aliphatic carbocycles. The lowest BCUT2D eigenvalue weighted by atomic mass is 10.1. The summed E-state index contributed by atoms with van der Waals surface area (Å²) in [6.07, 6.45) is 11.1. The molecule has 1 fully saturated rings. The maximum absolute atomic E-state index is 14.5. The van der Waals surface area contributed by atoms with Crippen LogP contribution in [0.2, 0.25) is 5.02 Å². The molecule has 6 heterocycles. The van der Waals surface area contributed by atoms with E-state index in [0.29, 0.717) is 18.2 Å². The lowest BCUT2D eigenvalue weighted by molar-refractivity contribution is 0.0945. The van der Waals surface area contributed by atoms with Crippen LogP contribution in [0, 0.1) is 19.7 Å². The maximum Gasteiger partial charge on any atom is 0.273 e. The summed E-state index contributed by atoms with van der Waals surface area (Å²) >= 11 is 5.90. The molecule has 0 bridgehead atoms. The summed E-state index contributed by atoms with van der Waals surface area (Å²) in [5, 5.41) is 19.3. The number of aryl methyl sites for hydroxylation is 2. The number of carbonyl (C=O) groups is 1. The molecule has 0 unspecified atom stereocenters. The first kappa shape index (κ1) is 24.4. The monoisotopic (exact) mass is 559 g/mol. The van der Waals surface area contributed by atoms with E-state index in [-0.39, 0.29) is 22.8 Å². The fourth-order valence-corrected chi connectivity index (χ4v) is 5.11. The number of halogens is 2. The zero-order valence-corrected chi connectivity index (χ0v) is 22.3. The van der Waals surface area contributed by atoms with Gasteiger partial charge in [-0.1, -0.05) is 16.8 Å². The normalized spacial score (nSPS) is 13.5. The molecule has 40 heavy (non-hydrogen) atoms. The average Bonchev–Trinajstić information content (AvgIpc) is 3.23. The molecule has 1 N–H and O–H groups in total. The number of nitrogens with zero attached hydrogens (tertiary/aromatic N) is 10. The van der Waals surface area contributed by atoms with Crippen LogP contribution in [0.3, 0.4) is 0 Å². The molecule has 7 rings (SSSR count). The van der Waals surface area contributed by atoms with Gasteiger partial charge in [0.2, 0.25) is 0 Å². The van der Waals surface area contributed by atoms with Crippen LogP contribution in [-0.4, -0.2) is 54.4 Å². The Bertz CT molecular complexity index is 1910. The number of aromatic nitrogens is 10. The molecule has 14 heteroatoms. The predicted molar refractivity (Wildman–Crippen MR) is 142 cm³/mol. The minimum Gasteiger partial charge on any atom is -0.345 e. The molecule has 12 nitrogen and oxygen atoms in total. The van der Waals surface area contributed by atoms with Crippen molar-refractivity contribution < 1.29 is 9.18 Å². The largest absolute Gasteiger partial charge is 0.345 e. The van der Waals surface area contributed by atoms with Gasteiger partial charge >= 0.3 is 0 Å². The van der Waals surface area contributed by atoms with Gasteiger partial charge in [-0.15, -0.1) is 15.3 Å². The second kappa shape index (κ2) is 9.23. The molecule has 1 aliphatic rings. The smallest absolute Gasteiger partial charge is 0.273 e. The highest BCUT2D eigenvalue weighted by Crippen LogP contribution is 2.41. The summed E-state index contributed by atoms with van der Waals surface area (Å²) in [7, 11) is 0. The van der Waals surface area contributed by atoms with Crippen LogP contribution in [0.15, 0.2) is 43.2 Å². The minimum absolute atomic E-state index is 0.0000637. The van der Waals surface area contributed by atoms with Crippen LogP contribution in [0.25, 0.3) is 16.9 Å². The van der Waals surface area contributed by atoms with E-state index in [1.807, 2.05) is 29.0 Å². The van der Waals surface area contributed by atoms with Gasteiger partial charge in [-0.05, 0) is 50.3 Å². The molecule has 202 valence electrons. The summed E-state index contributed by atoms with van der Waals surface area (Å²) < 4.78 is 21.6. The fourth-order valence-electron chi connectivity index (χ4n) is 4.96. The van der Waals surface area contributed by atoms with Gasteiger partial charge in [-0.25, -0.2) is 19.0 Å². The Morgan fingerprint density at radius 1 is 1.12 bits per heavy atom. The molecule has 0 aliphatic heterocycles. The molecule has 6 aromatic heterocycles. The second-order valence-electron chi connectivity index (χ2n) is 9.93. The average molecular weight is 560 g/mol. The number of hydrogen-bond acceptors (Lipinski definition) is 7. The molecule has 1 amide bonds. The van der Waals surface area contributed by atoms with Crippen molar-refractivity contribution in [3.8, 4) is 5.69 Å². The number of nitrogens with one attached hydrogen (secondary N) is 1. The fraction of sp³-hybridized carbons (Fsp3) is 0.269. The number of amides is 1. The number of pyridine rings is 2. The lowest BCUT2D eigenvalue weighted by Crippen LogP contribution is -2.23. The summed E-state index contributed by atoms with van der Waals surface area (Å²) in [4.78, 5) is 21.8. The summed E-state index contributed by atoms with van der Waals surface area (Å²) in [6.45, 7) is 4.16. The van der Waals surface area contributed by atoms with Gasteiger partial charge in [0.25, 0.3) is 5.91 Å². The highest BCUT2D eigenvalue weighted by atomic mass is 35.5. The Hall–Kier alpha value is -4.65. The van der Waals surface area contributed by atoms with Crippen molar-refractivity contribution in [2.45, 2.75) is 45.7 Å². The van der Waals surface area contributed by atoms with Crippen LogP contribution in [-0.2, 0) is 13.1 Å². The molecule has 0 spiro atoms. The third-order valence-electron chi connectivity index (χ3n) is 7.06. The quantitative estimate of drug-likeness (QED) is 0.318. The summed E-state index contributed by atoms with van der Waals surface area (Å²) in [5.41, 5.74) is 4.41. The van der Waals surface area contributed by atoms with Crippen molar-refractivity contribution in [1.82, 2.24) is 53.8 Å². The van der Waals surface area contributed by atoms with Crippen molar-refractivity contribution in [3.63, 3.8) is 0 Å². The molecular formula is C26H23ClFN11O. The number of imidazole rings is 2. The van der Waals surface area contributed by atoms with Crippen molar-refractivity contribution in [2.24, 2.45) is 0 Å². The van der Waals surface area contributed by atoms with Gasteiger partial charge in [-0.3, -0.25) is 9.36 Å².